The highest BCUT2D eigenvalue weighted by molar-refractivity contribution is 5.98. The molecule has 0 bridgehead atoms. The Labute approximate surface area is 138 Å². The van der Waals surface area contributed by atoms with Gasteiger partial charge in [-0.3, -0.25) is 9.59 Å². The number of rotatable bonds is 0. The molecule has 0 N–H and O–H groups in total. The van der Waals surface area contributed by atoms with Crippen molar-refractivity contribution in [3.05, 3.63) is 22.8 Å². The van der Waals surface area contributed by atoms with Crippen molar-refractivity contribution in [3.63, 3.8) is 0 Å². The third kappa shape index (κ3) is 1.77. The lowest BCUT2D eigenvalue weighted by molar-refractivity contribution is -0.187. The van der Waals surface area contributed by atoms with Crippen LogP contribution in [0.4, 0.5) is 0 Å². The molecule has 0 radical (unpaired) electrons. The first-order chi connectivity index (χ1) is 10.8. The first-order valence-corrected chi connectivity index (χ1v) is 8.88. The zero-order valence-electron chi connectivity index (χ0n) is 14.6. The molecule has 1 saturated heterocycles. The average Bonchev–Trinajstić information content (AvgIpc) is 2.48. The largest absolute Gasteiger partial charge is 0.461 e. The van der Waals surface area contributed by atoms with Crippen LogP contribution >= 0.6 is 0 Å². The molecule has 0 spiro atoms. The van der Waals surface area contributed by atoms with Gasteiger partial charge in [-0.2, -0.15) is 0 Å². The summed E-state index contributed by atoms with van der Waals surface area (Å²) in [6.07, 6.45) is 6.31. The number of ether oxygens (including phenoxy) is 1. The van der Waals surface area contributed by atoms with Gasteiger partial charge in [-0.25, -0.2) is 0 Å². The lowest BCUT2D eigenvalue weighted by atomic mass is 9.42. The van der Waals surface area contributed by atoms with Gasteiger partial charge in [0, 0.05) is 11.8 Å². The molecule has 0 aromatic rings. The van der Waals surface area contributed by atoms with E-state index in [1.807, 2.05) is 6.92 Å². The second-order valence-electron chi connectivity index (χ2n) is 8.50. The maximum atomic E-state index is 12.7. The lowest BCUT2D eigenvalue weighted by Crippen LogP contribution is -2.62. The van der Waals surface area contributed by atoms with Gasteiger partial charge in [0.2, 0.25) is 0 Å². The number of ketones is 1. The maximum Gasteiger partial charge on any atom is 0.310 e. The summed E-state index contributed by atoms with van der Waals surface area (Å²) < 4.78 is 5.84. The normalized spacial score (nSPS) is 45.9. The standard InChI is InChI=1S/C20H26O3/c1-11-6-5-7-19(3)13(11)8-17-20(4)14(9-18(22)23-17)12(2)15(21)10-16(19)20/h6,13,16-17H,5,7-10H2,1-4H3/t13-,16+,17+,19-,20-/m0/s1. The first-order valence-electron chi connectivity index (χ1n) is 8.88. The van der Waals surface area contributed by atoms with Gasteiger partial charge in [0.15, 0.2) is 5.78 Å². The summed E-state index contributed by atoms with van der Waals surface area (Å²) in [6, 6.07) is 0. The van der Waals surface area contributed by atoms with E-state index in [2.05, 4.69) is 26.8 Å². The summed E-state index contributed by atoms with van der Waals surface area (Å²) in [6.45, 7) is 8.76. The van der Waals surface area contributed by atoms with E-state index in [4.69, 9.17) is 4.74 Å². The second kappa shape index (κ2) is 4.58. The number of allylic oxidation sites excluding steroid dienone is 3. The third-order valence-electron chi connectivity index (χ3n) is 7.64. The van der Waals surface area contributed by atoms with Crippen LogP contribution in [0.25, 0.3) is 0 Å². The van der Waals surface area contributed by atoms with Gasteiger partial charge in [-0.05, 0) is 61.5 Å². The molecule has 1 aliphatic heterocycles. The lowest BCUT2D eigenvalue weighted by Gasteiger charge is -2.63. The fourth-order valence-corrected chi connectivity index (χ4v) is 6.29. The SMILES string of the molecule is CC1=CCC[C@]2(C)[C@H]3CC(=O)C(C)=C4CC(=O)O[C@H](C[C@@H]12)[C@@]43C. The highest BCUT2D eigenvalue weighted by Crippen LogP contribution is 2.66. The number of esters is 1. The van der Waals surface area contributed by atoms with Crippen molar-refractivity contribution in [1.82, 2.24) is 0 Å². The van der Waals surface area contributed by atoms with Crippen molar-refractivity contribution in [1.29, 1.82) is 0 Å². The van der Waals surface area contributed by atoms with Crippen LogP contribution in [0, 0.1) is 22.7 Å². The molecule has 5 atom stereocenters. The van der Waals surface area contributed by atoms with Crippen LogP contribution in [0.2, 0.25) is 0 Å². The van der Waals surface area contributed by atoms with Crippen molar-refractivity contribution >= 4 is 11.8 Å². The van der Waals surface area contributed by atoms with Crippen LogP contribution < -0.4 is 0 Å². The smallest absolute Gasteiger partial charge is 0.310 e. The van der Waals surface area contributed by atoms with Crippen LogP contribution in [0.1, 0.15) is 59.8 Å². The molecule has 4 aliphatic rings. The van der Waals surface area contributed by atoms with Gasteiger partial charge in [-0.15, -0.1) is 0 Å². The van der Waals surface area contributed by atoms with Crippen molar-refractivity contribution < 1.29 is 14.3 Å². The van der Waals surface area contributed by atoms with E-state index in [0.29, 0.717) is 18.8 Å². The second-order valence-corrected chi connectivity index (χ2v) is 8.50. The Morgan fingerprint density at radius 2 is 1.96 bits per heavy atom. The molecule has 2 fully saturated rings. The minimum Gasteiger partial charge on any atom is -0.461 e. The summed E-state index contributed by atoms with van der Waals surface area (Å²) in [5, 5.41) is 0. The predicted octanol–water partition coefficient (Wildman–Crippen LogP) is 3.98. The molecular formula is C20H26O3. The Morgan fingerprint density at radius 1 is 1.22 bits per heavy atom. The monoisotopic (exact) mass is 314 g/mol. The fourth-order valence-electron chi connectivity index (χ4n) is 6.29. The van der Waals surface area contributed by atoms with E-state index in [1.165, 1.54) is 5.57 Å². The maximum absolute atomic E-state index is 12.7. The first kappa shape index (κ1) is 15.2. The van der Waals surface area contributed by atoms with E-state index in [9.17, 15) is 9.59 Å². The van der Waals surface area contributed by atoms with Gasteiger partial charge in [0.25, 0.3) is 0 Å². The molecule has 0 unspecified atom stereocenters. The minimum atomic E-state index is -0.158. The van der Waals surface area contributed by atoms with Crippen molar-refractivity contribution in [3.8, 4) is 0 Å². The summed E-state index contributed by atoms with van der Waals surface area (Å²) in [5.74, 6) is 0.792. The molecule has 3 heteroatoms. The van der Waals surface area contributed by atoms with Crippen LogP contribution in [0.5, 0.6) is 0 Å². The average molecular weight is 314 g/mol. The Morgan fingerprint density at radius 3 is 2.70 bits per heavy atom. The number of carbonyl (C=O) groups excluding carboxylic acids is 2. The molecule has 1 saturated carbocycles. The molecule has 1 heterocycles. The number of fused-ring (bicyclic) bond motifs is 2. The van der Waals surface area contributed by atoms with E-state index in [-0.39, 0.29) is 34.6 Å². The Bertz CT molecular complexity index is 670. The van der Waals surface area contributed by atoms with Crippen LogP contribution in [0.3, 0.4) is 0 Å². The minimum absolute atomic E-state index is 0.0775. The quantitative estimate of drug-likeness (QED) is 0.502. The Hall–Kier alpha value is -1.38. The number of hydrogen-bond acceptors (Lipinski definition) is 3. The summed E-state index contributed by atoms with van der Waals surface area (Å²) in [5.41, 5.74) is 3.30. The van der Waals surface area contributed by atoms with Gasteiger partial charge in [-0.1, -0.05) is 25.5 Å². The highest BCUT2D eigenvalue weighted by atomic mass is 16.5. The summed E-state index contributed by atoms with van der Waals surface area (Å²) >= 11 is 0. The molecule has 124 valence electrons. The molecule has 23 heavy (non-hydrogen) atoms. The van der Waals surface area contributed by atoms with Crippen LogP contribution in [-0.4, -0.2) is 17.9 Å². The molecule has 3 aliphatic carbocycles. The molecule has 4 rings (SSSR count). The number of carbonyl (C=O) groups is 2. The van der Waals surface area contributed by atoms with Gasteiger partial charge >= 0.3 is 5.97 Å². The molecule has 3 nitrogen and oxygen atoms in total. The summed E-state index contributed by atoms with van der Waals surface area (Å²) in [7, 11) is 0. The highest BCUT2D eigenvalue weighted by Gasteiger charge is 2.64. The van der Waals surface area contributed by atoms with E-state index in [1.54, 1.807) is 0 Å². The molecule has 0 aromatic carbocycles. The topological polar surface area (TPSA) is 43.4 Å². The number of Topliss-reactive ketones (excluding diaryl/α,β-unsaturated/α-hetero) is 1. The van der Waals surface area contributed by atoms with Crippen LogP contribution in [0.15, 0.2) is 22.8 Å². The van der Waals surface area contributed by atoms with Gasteiger partial charge in [0.1, 0.15) is 6.10 Å². The third-order valence-corrected chi connectivity index (χ3v) is 7.64. The zero-order chi connectivity index (χ0) is 16.6. The Balaban J connectivity index is 1.92. The van der Waals surface area contributed by atoms with E-state index < -0.39 is 0 Å². The van der Waals surface area contributed by atoms with E-state index in [0.717, 1.165) is 30.4 Å². The molecular weight excluding hydrogens is 288 g/mol. The molecule has 0 aromatic heterocycles. The van der Waals surface area contributed by atoms with E-state index >= 15 is 0 Å². The Kier molecular flexibility index (Phi) is 3.02. The number of hydrogen-bond donors (Lipinski definition) is 0. The molecule has 0 amide bonds. The van der Waals surface area contributed by atoms with Crippen molar-refractivity contribution in [2.45, 2.75) is 65.9 Å². The summed E-state index contributed by atoms with van der Waals surface area (Å²) in [4.78, 5) is 24.8. The van der Waals surface area contributed by atoms with Crippen molar-refractivity contribution in [2.24, 2.45) is 22.7 Å². The zero-order valence-corrected chi connectivity index (χ0v) is 14.6. The predicted molar refractivity (Wildman–Crippen MR) is 87.6 cm³/mol. The fraction of sp³-hybridized carbons (Fsp3) is 0.700. The van der Waals surface area contributed by atoms with Crippen LogP contribution in [-0.2, 0) is 14.3 Å². The van der Waals surface area contributed by atoms with Gasteiger partial charge in [0.05, 0.1) is 6.42 Å². The van der Waals surface area contributed by atoms with Crippen molar-refractivity contribution in [2.75, 3.05) is 0 Å². The van der Waals surface area contributed by atoms with Gasteiger partial charge < -0.3 is 4.74 Å².